The Kier molecular flexibility index (Phi) is 14.8. The summed E-state index contributed by atoms with van der Waals surface area (Å²) >= 11 is 0. The molecule has 61 heavy (non-hydrogen) atoms. The first-order valence-electron chi connectivity index (χ1n) is 21.4. The molecule has 0 unspecified atom stereocenters. The van der Waals surface area contributed by atoms with Gasteiger partial charge in [0.15, 0.2) is 5.58 Å². The van der Waals surface area contributed by atoms with E-state index in [9.17, 15) is 18.8 Å². The lowest BCUT2D eigenvalue weighted by atomic mass is 10.0. The topological polar surface area (TPSA) is 204 Å². The zero-order valence-corrected chi connectivity index (χ0v) is 36.5. The van der Waals surface area contributed by atoms with Gasteiger partial charge in [0.05, 0.1) is 49.2 Å². The van der Waals surface area contributed by atoms with Gasteiger partial charge in [-0.1, -0.05) is 13.8 Å². The molecule has 4 heterocycles. The molecular formula is C44H64FN9O7. The van der Waals surface area contributed by atoms with Gasteiger partial charge in [0, 0.05) is 74.6 Å². The maximum Gasteiger partial charge on any atom is 0.312 e. The minimum atomic E-state index is -0.849. The minimum absolute atomic E-state index is 0.110. The summed E-state index contributed by atoms with van der Waals surface area (Å²) in [5.74, 6) is -1.18. The van der Waals surface area contributed by atoms with Gasteiger partial charge in [-0.15, -0.1) is 0 Å². The Hall–Kier alpha value is -4.97. The van der Waals surface area contributed by atoms with E-state index in [4.69, 9.17) is 35.1 Å². The number of rotatable bonds is 20. The van der Waals surface area contributed by atoms with E-state index in [0.717, 1.165) is 53.7 Å². The summed E-state index contributed by atoms with van der Waals surface area (Å²) < 4.78 is 41.2. The standard InChI is InChI=1S/C44H64FN9O7/c1-28(2)38(46)40(56)50-33(8-7-15-48-41(47)57)39(55)49-27-44(5,6)59-20-14-43(3,4)60-23-19-54-35-13-16-53(26-32(35)31-11-9-29(45)24-36(31)54)30-10-12-37-34(25-30)51-42(61-37)52-17-21-58-22-18-52/h9-12,24-25,28,33,38H,7-8,13-23,26-27,46H2,1-6H3,(H,49,55)(H,50,56)(H3,47,48,57)/t33-,38-/m0/s1. The quantitative estimate of drug-likeness (QED) is 0.0792. The van der Waals surface area contributed by atoms with Gasteiger partial charge in [-0.25, -0.2) is 9.18 Å². The number of nitrogens with one attached hydrogen (secondary N) is 3. The molecule has 7 N–H and O–H groups in total. The lowest BCUT2D eigenvalue weighted by molar-refractivity contribution is -0.131. The number of benzene rings is 2. The number of oxazole rings is 1. The third kappa shape index (κ3) is 11.9. The highest BCUT2D eigenvalue weighted by molar-refractivity contribution is 5.90. The number of amides is 4. The summed E-state index contributed by atoms with van der Waals surface area (Å²) in [6, 6.07) is 9.53. The molecule has 4 aromatic rings. The monoisotopic (exact) mass is 849 g/mol. The van der Waals surface area contributed by atoms with Crippen LogP contribution in [0.2, 0.25) is 0 Å². The number of nitrogens with zero attached hydrogens (tertiary/aromatic N) is 4. The van der Waals surface area contributed by atoms with Crippen LogP contribution >= 0.6 is 0 Å². The molecule has 2 aliphatic heterocycles. The third-order valence-electron chi connectivity index (χ3n) is 11.5. The highest BCUT2D eigenvalue weighted by atomic mass is 19.1. The largest absolute Gasteiger partial charge is 0.423 e. The highest BCUT2D eigenvalue weighted by Gasteiger charge is 2.30. The number of fused-ring (bicyclic) bond motifs is 4. The van der Waals surface area contributed by atoms with Crippen LogP contribution in [0.5, 0.6) is 0 Å². The number of hydrogen-bond donors (Lipinski definition) is 5. The van der Waals surface area contributed by atoms with Crippen molar-refractivity contribution in [3.63, 3.8) is 0 Å². The first kappa shape index (κ1) is 45.6. The van der Waals surface area contributed by atoms with Crippen molar-refractivity contribution >= 4 is 51.6 Å². The van der Waals surface area contributed by atoms with E-state index in [-0.39, 0.29) is 37.2 Å². The third-order valence-corrected chi connectivity index (χ3v) is 11.5. The molecule has 16 nitrogen and oxygen atoms in total. The fourth-order valence-corrected chi connectivity index (χ4v) is 7.78. The summed E-state index contributed by atoms with van der Waals surface area (Å²) in [7, 11) is 0. The fourth-order valence-electron chi connectivity index (χ4n) is 7.78. The van der Waals surface area contributed by atoms with Gasteiger partial charge in [0.25, 0.3) is 6.01 Å². The van der Waals surface area contributed by atoms with Crippen LogP contribution < -0.4 is 37.2 Å². The smallest absolute Gasteiger partial charge is 0.312 e. The Labute approximate surface area is 357 Å². The maximum atomic E-state index is 14.7. The molecule has 0 radical (unpaired) electrons. The Morgan fingerprint density at radius 3 is 2.44 bits per heavy atom. The summed E-state index contributed by atoms with van der Waals surface area (Å²) in [6.45, 7) is 17.6. The molecule has 1 fully saturated rings. The lowest BCUT2D eigenvalue weighted by Gasteiger charge is -2.31. The fraction of sp³-hybridized carbons (Fsp3) is 0.591. The number of aromatic nitrogens is 2. The zero-order chi connectivity index (χ0) is 43.9. The first-order valence-corrected chi connectivity index (χ1v) is 21.4. The predicted molar refractivity (Wildman–Crippen MR) is 233 cm³/mol. The Morgan fingerprint density at radius 1 is 0.951 bits per heavy atom. The van der Waals surface area contributed by atoms with E-state index in [1.54, 1.807) is 6.07 Å². The van der Waals surface area contributed by atoms with E-state index in [0.29, 0.717) is 58.4 Å². The van der Waals surface area contributed by atoms with Gasteiger partial charge in [0.1, 0.15) is 17.4 Å². The number of carbonyl (C=O) groups is 3. The number of nitrogens with two attached hydrogens (primary N) is 2. The molecule has 2 aromatic heterocycles. The van der Waals surface area contributed by atoms with Crippen LogP contribution in [-0.2, 0) is 43.3 Å². The van der Waals surface area contributed by atoms with Crippen molar-refractivity contribution in [2.24, 2.45) is 17.4 Å². The molecular weight excluding hydrogens is 786 g/mol. The van der Waals surface area contributed by atoms with Crippen LogP contribution in [0.1, 0.15) is 72.1 Å². The number of urea groups is 1. The molecule has 0 bridgehead atoms. The average Bonchev–Trinajstić information content (AvgIpc) is 3.79. The Balaban J connectivity index is 1.01. The zero-order valence-electron chi connectivity index (χ0n) is 36.5. The summed E-state index contributed by atoms with van der Waals surface area (Å²) in [5, 5.41) is 9.21. The van der Waals surface area contributed by atoms with Crippen LogP contribution in [0.15, 0.2) is 40.8 Å². The molecule has 0 aliphatic carbocycles. The number of primary amides is 1. The molecule has 2 aliphatic rings. The molecule has 334 valence electrons. The average molecular weight is 850 g/mol. The maximum absolute atomic E-state index is 14.7. The normalized spacial score (nSPS) is 15.9. The van der Waals surface area contributed by atoms with Crippen molar-refractivity contribution in [2.45, 2.75) is 104 Å². The van der Waals surface area contributed by atoms with Crippen molar-refractivity contribution in [3.05, 3.63) is 53.5 Å². The van der Waals surface area contributed by atoms with Crippen LogP contribution in [0, 0.1) is 11.7 Å². The second-order valence-electron chi connectivity index (χ2n) is 17.6. The molecule has 2 aromatic carbocycles. The van der Waals surface area contributed by atoms with Crippen molar-refractivity contribution in [1.82, 2.24) is 25.5 Å². The second kappa shape index (κ2) is 19.8. The molecule has 4 amide bonds. The van der Waals surface area contributed by atoms with E-state index in [1.807, 2.05) is 53.7 Å². The lowest BCUT2D eigenvalue weighted by Crippen LogP contribution is -2.54. The minimum Gasteiger partial charge on any atom is -0.423 e. The van der Waals surface area contributed by atoms with Gasteiger partial charge >= 0.3 is 6.03 Å². The van der Waals surface area contributed by atoms with Gasteiger partial charge in [-0.2, -0.15) is 4.98 Å². The molecule has 0 saturated carbocycles. The van der Waals surface area contributed by atoms with Crippen molar-refractivity contribution in [2.75, 3.05) is 69.0 Å². The molecule has 2 atom stereocenters. The van der Waals surface area contributed by atoms with Gasteiger partial charge in [-0.3, -0.25) is 9.59 Å². The van der Waals surface area contributed by atoms with Crippen LogP contribution in [-0.4, -0.2) is 110 Å². The van der Waals surface area contributed by atoms with E-state index in [2.05, 4.69) is 42.5 Å². The first-order chi connectivity index (χ1) is 29.0. The van der Waals surface area contributed by atoms with Crippen LogP contribution in [0.3, 0.4) is 0 Å². The van der Waals surface area contributed by atoms with Crippen molar-refractivity contribution in [1.29, 1.82) is 0 Å². The van der Waals surface area contributed by atoms with Crippen molar-refractivity contribution in [3.8, 4) is 0 Å². The molecule has 6 rings (SSSR count). The van der Waals surface area contributed by atoms with E-state index in [1.165, 1.54) is 17.3 Å². The van der Waals surface area contributed by atoms with Crippen LogP contribution in [0.4, 0.5) is 20.9 Å². The van der Waals surface area contributed by atoms with Gasteiger partial charge in [-0.05, 0) is 89.3 Å². The number of anilines is 2. The predicted octanol–water partition coefficient (Wildman–Crippen LogP) is 4.33. The number of carbonyl (C=O) groups excluding carboxylic acids is 3. The van der Waals surface area contributed by atoms with Crippen LogP contribution in [0.25, 0.3) is 22.0 Å². The highest BCUT2D eigenvalue weighted by Crippen LogP contribution is 2.35. The summed E-state index contributed by atoms with van der Waals surface area (Å²) in [6.07, 6.45) is 2.07. The van der Waals surface area contributed by atoms with E-state index < -0.39 is 35.2 Å². The number of halogens is 1. The molecule has 17 heteroatoms. The Bertz CT molecular complexity index is 2150. The summed E-state index contributed by atoms with van der Waals surface area (Å²) in [4.78, 5) is 46.3. The summed E-state index contributed by atoms with van der Waals surface area (Å²) in [5.41, 5.74) is 15.8. The molecule has 0 spiro atoms. The Morgan fingerprint density at radius 2 is 1.70 bits per heavy atom. The second-order valence-corrected chi connectivity index (χ2v) is 17.6. The number of morpholine rings is 1. The van der Waals surface area contributed by atoms with Gasteiger partial charge < -0.3 is 60.4 Å². The SMILES string of the molecule is CC(C)[C@H](N)C(=O)N[C@@H](CCCNC(N)=O)C(=O)NCC(C)(C)OCCC(C)(C)OCCn1c2c(c3ccc(F)cc31)CN(c1ccc3oc(N4CCOCC4)nc3c1)CC2. The molecule has 1 saturated heterocycles. The van der Waals surface area contributed by atoms with Gasteiger partial charge in [0.2, 0.25) is 11.8 Å². The number of ether oxygens (including phenoxy) is 3. The van der Waals surface area contributed by atoms with E-state index >= 15 is 0 Å². The van der Waals surface area contributed by atoms with Crippen molar-refractivity contribution < 1.29 is 37.4 Å². The number of hydrogen-bond acceptors (Lipinski definition) is 11.